The Balaban J connectivity index is 1.61. The lowest BCUT2D eigenvalue weighted by atomic mass is 9.95. The number of nitrogens with one attached hydrogen (secondary N) is 3. The van der Waals surface area contributed by atoms with Gasteiger partial charge in [0.05, 0.1) is 42.0 Å². The number of aromatic hydroxyl groups is 1. The van der Waals surface area contributed by atoms with E-state index in [1.54, 1.807) is 6.20 Å². The third-order valence-electron chi connectivity index (χ3n) is 6.08. The summed E-state index contributed by atoms with van der Waals surface area (Å²) in [6, 6.07) is 21.4. The molecule has 1 aliphatic rings. The molecule has 0 amide bonds. The van der Waals surface area contributed by atoms with E-state index in [0.717, 1.165) is 34.0 Å². The lowest BCUT2D eigenvalue weighted by Crippen LogP contribution is -2.15. The molecule has 0 spiro atoms. The minimum absolute atomic E-state index is 0.0897. The summed E-state index contributed by atoms with van der Waals surface area (Å²) in [6.07, 6.45) is 1.66. The van der Waals surface area contributed by atoms with E-state index in [0.29, 0.717) is 16.9 Å². The summed E-state index contributed by atoms with van der Waals surface area (Å²) in [4.78, 5) is 4.65. The smallest absolute Gasteiger partial charge is 0.127 e. The number of fused-ring (bicyclic) bond motifs is 1. The average molecular weight is 457 g/mol. The van der Waals surface area contributed by atoms with Crippen LogP contribution in [0.5, 0.6) is 5.75 Å². The van der Waals surface area contributed by atoms with E-state index in [1.165, 1.54) is 12.1 Å². The van der Waals surface area contributed by atoms with Gasteiger partial charge in [0.2, 0.25) is 0 Å². The summed E-state index contributed by atoms with van der Waals surface area (Å²) in [6.45, 7) is 1.98. The topological polar surface area (TPSA) is 89.4 Å². The highest BCUT2D eigenvalue weighted by Crippen LogP contribution is 2.40. The third-order valence-corrected chi connectivity index (χ3v) is 6.08. The quantitative estimate of drug-likeness (QED) is 0.267. The van der Waals surface area contributed by atoms with Crippen LogP contribution in [-0.2, 0) is 0 Å². The van der Waals surface area contributed by atoms with Crippen LogP contribution in [0.15, 0.2) is 79.0 Å². The largest absolute Gasteiger partial charge is 0.507 e. The molecule has 0 saturated carbocycles. The van der Waals surface area contributed by atoms with Gasteiger partial charge in [-0.25, -0.2) is 9.82 Å². The lowest BCUT2D eigenvalue weighted by molar-refractivity contribution is 0.276. The van der Waals surface area contributed by atoms with Crippen LogP contribution in [0.1, 0.15) is 30.1 Å². The molecule has 4 aromatic rings. The van der Waals surface area contributed by atoms with Crippen LogP contribution in [0, 0.1) is 5.82 Å². The van der Waals surface area contributed by atoms with Gasteiger partial charge in [-0.3, -0.25) is 4.98 Å². The number of phenolic OH excluding ortho intramolecular Hbond substituents is 1. The van der Waals surface area contributed by atoms with Gasteiger partial charge in [0, 0.05) is 17.2 Å². The van der Waals surface area contributed by atoms with E-state index in [2.05, 4.69) is 34.1 Å². The van der Waals surface area contributed by atoms with Crippen molar-refractivity contribution in [2.75, 3.05) is 17.3 Å². The molecule has 34 heavy (non-hydrogen) atoms. The van der Waals surface area contributed by atoms with Crippen LogP contribution in [0.2, 0.25) is 0 Å². The van der Waals surface area contributed by atoms with Gasteiger partial charge in [0.1, 0.15) is 11.6 Å². The lowest BCUT2D eigenvalue weighted by Gasteiger charge is -2.20. The van der Waals surface area contributed by atoms with Crippen molar-refractivity contribution in [3.05, 3.63) is 95.9 Å². The molecule has 6 nitrogen and oxygen atoms in total. The molecular weight excluding hydrogens is 431 g/mol. The van der Waals surface area contributed by atoms with Gasteiger partial charge in [0.15, 0.2) is 0 Å². The number of anilines is 2. The zero-order valence-corrected chi connectivity index (χ0v) is 18.6. The van der Waals surface area contributed by atoms with Crippen LogP contribution in [0.3, 0.4) is 0 Å². The van der Waals surface area contributed by atoms with Crippen molar-refractivity contribution < 1.29 is 14.6 Å². The van der Waals surface area contributed by atoms with Crippen LogP contribution in [-0.4, -0.2) is 21.8 Å². The minimum atomic E-state index is -0.516. The molecule has 1 aromatic heterocycles. The van der Waals surface area contributed by atoms with Gasteiger partial charge in [-0.1, -0.05) is 36.4 Å². The number of nitrogens with zero attached hydrogens (tertiary/aromatic N) is 1. The molecule has 2 unspecified atom stereocenters. The Labute approximate surface area is 197 Å². The molecule has 5 rings (SSSR count). The van der Waals surface area contributed by atoms with Gasteiger partial charge < -0.3 is 21.0 Å². The van der Waals surface area contributed by atoms with Gasteiger partial charge in [-0.2, -0.15) is 0 Å². The third kappa shape index (κ3) is 4.19. The number of aliphatic hydroxyl groups is 1. The molecule has 3 aromatic carbocycles. The maximum atomic E-state index is 13.7. The van der Waals surface area contributed by atoms with Gasteiger partial charge in [-0.05, 0) is 53.9 Å². The van der Waals surface area contributed by atoms with E-state index >= 15 is 0 Å². The Hall–Kier alpha value is -3.94. The second-order valence-electron chi connectivity index (χ2n) is 8.36. The predicted molar refractivity (Wildman–Crippen MR) is 132 cm³/mol. The van der Waals surface area contributed by atoms with Gasteiger partial charge in [0.25, 0.3) is 0 Å². The number of phenols is 1. The summed E-state index contributed by atoms with van der Waals surface area (Å²) in [5.41, 5.74) is 12.8. The average Bonchev–Trinajstić information content (AvgIpc) is 3.23. The van der Waals surface area contributed by atoms with Gasteiger partial charge >= 0.3 is 0 Å². The molecule has 7 heteroatoms. The number of halogens is 1. The number of hydrazine groups is 1. The maximum Gasteiger partial charge on any atom is 0.127 e. The normalized spacial score (nSPS) is 15.4. The molecule has 0 aliphatic carbocycles. The van der Waals surface area contributed by atoms with E-state index in [-0.39, 0.29) is 24.4 Å². The predicted octanol–water partition coefficient (Wildman–Crippen LogP) is 5.40. The number of aromatic nitrogens is 1. The number of pyridine rings is 1. The number of hydrogen-bond donors (Lipinski definition) is 5. The monoisotopic (exact) mass is 456 g/mol. The number of benzene rings is 3. The summed E-state index contributed by atoms with van der Waals surface area (Å²) >= 11 is 0. The molecule has 5 N–H and O–H groups in total. The first-order chi connectivity index (χ1) is 16.5. The standard InChI is InChI=1S/C27H25FN4O2/c1-16-22-11-18(7-10-24(22)32-31-16)23-13-20(30-25(15-33)17-5-3-2-4-6-17)14-29-27(23)21-9-8-19(28)12-26(21)34/h2-14,16,25,30-34H,15H2,1H3. The van der Waals surface area contributed by atoms with Crippen molar-refractivity contribution >= 4 is 11.4 Å². The minimum Gasteiger partial charge on any atom is -0.507 e. The fourth-order valence-corrected chi connectivity index (χ4v) is 4.27. The Bertz CT molecular complexity index is 1330. The molecule has 1 aliphatic heterocycles. The molecule has 0 radical (unpaired) electrons. The van der Waals surface area contributed by atoms with E-state index < -0.39 is 5.82 Å². The number of rotatable bonds is 6. The molecule has 172 valence electrons. The Kier molecular flexibility index (Phi) is 5.88. The van der Waals surface area contributed by atoms with E-state index in [1.807, 2.05) is 48.5 Å². The van der Waals surface area contributed by atoms with Crippen LogP contribution in [0.25, 0.3) is 22.4 Å². The highest BCUT2D eigenvalue weighted by Gasteiger charge is 2.21. The molecule has 2 heterocycles. The first-order valence-electron chi connectivity index (χ1n) is 11.1. The second-order valence-corrected chi connectivity index (χ2v) is 8.36. The SMILES string of the molecule is CC1NNc2ccc(-c3cc(NC(CO)c4ccccc4)cnc3-c3ccc(F)cc3O)cc21. The van der Waals surface area contributed by atoms with E-state index in [9.17, 15) is 14.6 Å². The zero-order chi connectivity index (χ0) is 23.7. The summed E-state index contributed by atoms with van der Waals surface area (Å²) in [5.74, 6) is -0.692. The van der Waals surface area contributed by atoms with Crippen molar-refractivity contribution in [3.63, 3.8) is 0 Å². The highest BCUT2D eigenvalue weighted by atomic mass is 19.1. The van der Waals surface area contributed by atoms with E-state index in [4.69, 9.17) is 0 Å². The Morgan fingerprint density at radius 3 is 2.62 bits per heavy atom. The fraction of sp³-hybridized carbons (Fsp3) is 0.148. The summed E-state index contributed by atoms with van der Waals surface area (Å²) in [7, 11) is 0. The Morgan fingerprint density at radius 2 is 1.85 bits per heavy atom. The fourth-order valence-electron chi connectivity index (χ4n) is 4.27. The van der Waals surface area contributed by atoms with Crippen molar-refractivity contribution in [2.24, 2.45) is 0 Å². The summed E-state index contributed by atoms with van der Waals surface area (Å²) in [5, 5.41) is 23.8. The Morgan fingerprint density at radius 1 is 1.03 bits per heavy atom. The van der Waals surface area contributed by atoms with Crippen molar-refractivity contribution in [1.82, 2.24) is 10.4 Å². The van der Waals surface area contributed by atoms with Gasteiger partial charge in [-0.15, -0.1) is 0 Å². The maximum absolute atomic E-state index is 13.7. The number of aliphatic hydroxyl groups excluding tert-OH is 1. The summed E-state index contributed by atoms with van der Waals surface area (Å²) < 4.78 is 13.7. The van der Waals surface area contributed by atoms with Crippen molar-refractivity contribution in [3.8, 4) is 28.1 Å². The highest BCUT2D eigenvalue weighted by molar-refractivity contribution is 5.86. The molecular formula is C27H25FN4O2. The zero-order valence-electron chi connectivity index (χ0n) is 18.6. The first-order valence-corrected chi connectivity index (χ1v) is 11.1. The van der Waals surface area contributed by atoms with Crippen molar-refractivity contribution in [1.29, 1.82) is 0 Å². The van der Waals surface area contributed by atoms with Crippen LogP contribution < -0.4 is 16.2 Å². The molecule has 2 atom stereocenters. The van der Waals surface area contributed by atoms with Crippen LogP contribution in [0.4, 0.5) is 15.8 Å². The molecule has 0 bridgehead atoms. The van der Waals surface area contributed by atoms with Crippen LogP contribution >= 0.6 is 0 Å². The first kappa shape index (κ1) is 21.9. The molecule has 0 saturated heterocycles. The number of hydrogen-bond acceptors (Lipinski definition) is 6. The van der Waals surface area contributed by atoms with Crippen molar-refractivity contribution in [2.45, 2.75) is 19.0 Å². The molecule has 0 fully saturated rings. The second kappa shape index (κ2) is 9.13.